The average Bonchev–Trinajstić information content (AvgIpc) is 2.99. The first-order chi connectivity index (χ1) is 15.9. The summed E-state index contributed by atoms with van der Waals surface area (Å²) < 4.78 is 6.94. The molecule has 164 valence electrons. The van der Waals surface area contributed by atoms with Crippen molar-refractivity contribution in [3.63, 3.8) is 0 Å². The van der Waals surface area contributed by atoms with Gasteiger partial charge in [0.25, 0.3) is 0 Å². The van der Waals surface area contributed by atoms with Crippen LogP contribution in [0.5, 0.6) is 5.75 Å². The Bertz CT molecular complexity index is 1450. The van der Waals surface area contributed by atoms with Gasteiger partial charge in [-0.25, -0.2) is 0 Å². The lowest BCUT2D eigenvalue weighted by Gasteiger charge is -2.46. The molecular formula is C28H22Cl2N2O. The summed E-state index contributed by atoms with van der Waals surface area (Å²) in [6.45, 7) is 4.99. The van der Waals surface area contributed by atoms with Crippen LogP contribution in [0.15, 0.2) is 83.9 Å². The first kappa shape index (κ1) is 20.6. The molecule has 0 aromatic heterocycles. The van der Waals surface area contributed by atoms with E-state index in [0.717, 1.165) is 33.5 Å². The number of nitrogens with zero attached hydrogens (tertiary/aromatic N) is 2. The Hall–Kier alpha value is -3.01. The Morgan fingerprint density at radius 1 is 0.909 bits per heavy atom. The van der Waals surface area contributed by atoms with Crippen molar-refractivity contribution >= 4 is 51.6 Å². The normalized spacial score (nSPS) is 20.1. The van der Waals surface area contributed by atoms with E-state index >= 15 is 0 Å². The summed E-state index contributed by atoms with van der Waals surface area (Å²) in [7, 11) is 0. The summed E-state index contributed by atoms with van der Waals surface area (Å²) in [5.41, 5.74) is 3.00. The van der Waals surface area contributed by atoms with Crippen molar-refractivity contribution in [2.45, 2.75) is 31.5 Å². The van der Waals surface area contributed by atoms with E-state index in [0.29, 0.717) is 16.6 Å². The Balaban J connectivity index is 1.53. The standard InChI is InChI=1S/C28H22Cl2N2O/c1-27(2)22-9-5-6-10-24(22)32(16-19-11-13-20(29)15-23(19)30)28(27)17-31-26-21-8-4-3-7-18(21)12-14-25(26)33-28/h3-15,17H,16H2,1-2H3. The first-order valence-electron chi connectivity index (χ1n) is 11.0. The molecule has 2 heterocycles. The summed E-state index contributed by atoms with van der Waals surface area (Å²) in [5.74, 6) is 0.782. The minimum Gasteiger partial charge on any atom is -0.459 e. The fraction of sp³-hybridized carbons (Fsp3) is 0.179. The largest absolute Gasteiger partial charge is 0.459 e. The van der Waals surface area contributed by atoms with Crippen molar-refractivity contribution in [2.75, 3.05) is 4.90 Å². The minimum atomic E-state index is -0.810. The van der Waals surface area contributed by atoms with Crippen LogP contribution in [0.2, 0.25) is 10.0 Å². The predicted octanol–water partition coefficient (Wildman–Crippen LogP) is 7.94. The van der Waals surface area contributed by atoms with Crippen LogP contribution in [0.1, 0.15) is 25.0 Å². The molecule has 3 nitrogen and oxygen atoms in total. The highest BCUT2D eigenvalue weighted by Gasteiger charge is 2.59. The number of fused-ring (bicyclic) bond motifs is 4. The molecule has 2 aliphatic heterocycles. The van der Waals surface area contributed by atoms with Crippen LogP contribution in [-0.4, -0.2) is 11.9 Å². The van der Waals surface area contributed by atoms with E-state index in [4.69, 9.17) is 32.9 Å². The zero-order chi connectivity index (χ0) is 22.8. The molecule has 0 saturated carbocycles. The molecule has 0 bridgehead atoms. The van der Waals surface area contributed by atoms with Gasteiger partial charge in [-0.3, -0.25) is 4.99 Å². The molecule has 0 radical (unpaired) electrons. The molecule has 0 aliphatic carbocycles. The van der Waals surface area contributed by atoms with E-state index in [2.05, 4.69) is 61.2 Å². The maximum absolute atomic E-state index is 6.94. The van der Waals surface area contributed by atoms with E-state index < -0.39 is 5.72 Å². The second kappa shape index (κ2) is 7.24. The lowest BCUT2D eigenvalue weighted by atomic mass is 9.77. The maximum Gasteiger partial charge on any atom is 0.229 e. The van der Waals surface area contributed by atoms with Gasteiger partial charge in [0.1, 0.15) is 11.4 Å². The highest BCUT2D eigenvalue weighted by molar-refractivity contribution is 6.35. The van der Waals surface area contributed by atoms with Gasteiger partial charge in [0, 0.05) is 27.7 Å². The van der Waals surface area contributed by atoms with Crippen molar-refractivity contribution in [2.24, 2.45) is 4.99 Å². The van der Waals surface area contributed by atoms with Crippen molar-refractivity contribution in [3.8, 4) is 5.75 Å². The highest BCUT2D eigenvalue weighted by Crippen LogP contribution is 2.55. The molecular weight excluding hydrogens is 451 g/mol. The van der Waals surface area contributed by atoms with Crippen LogP contribution >= 0.6 is 23.2 Å². The van der Waals surface area contributed by atoms with Gasteiger partial charge in [-0.05, 0) is 54.6 Å². The molecule has 4 aromatic carbocycles. The van der Waals surface area contributed by atoms with Gasteiger partial charge < -0.3 is 9.64 Å². The summed E-state index contributed by atoms with van der Waals surface area (Å²) in [6.07, 6.45) is 1.98. The third kappa shape index (κ3) is 2.92. The number of hydrogen-bond donors (Lipinski definition) is 0. The zero-order valence-electron chi connectivity index (χ0n) is 18.3. The van der Waals surface area contributed by atoms with E-state index in [9.17, 15) is 0 Å². The third-order valence-corrected chi connectivity index (χ3v) is 7.59. The minimum absolute atomic E-state index is 0.366. The molecule has 5 heteroatoms. The third-order valence-electron chi connectivity index (χ3n) is 7.01. The number of aliphatic imine (C=N–C) groups is 1. The lowest BCUT2D eigenvalue weighted by Crippen LogP contribution is -2.61. The second-order valence-electron chi connectivity index (χ2n) is 9.15. The Labute approximate surface area is 203 Å². The molecule has 2 aliphatic rings. The summed E-state index contributed by atoms with van der Waals surface area (Å²) in [6, 6.07) is 26.5. The van der Waals surface area contributed by atoms with Crippen molar-refractivity contribution in [1.82, 2.24) is 0 Å². The van der Waals surface area contributed by atoms with Gasteiger partial charge in [-0.15, -0.1) is 0 Å². The highest BCUT2D eigenvalue weighted by atomic mass is 35.5. The summed E-state index contributed by atoms with van der Waals surface area (Å²) in [5, 5.41) is 3.49. The van der Waals surface area contributed by atoms with Gasteiger partial charge >= 0.3 is 0 Å². The lowest BCUT2D eigenvalue weighted by molar-refractivity contribution is 0.0764. The SMILES string of the molecule is CC1(C)c2ccccc2N(Cc2ccc(Cl)cc2Cl)C12C=Nc1c(ccc3ccccc13)O2. The molecule has 0 amide bonds. The van der Waals surface area contributed by atoms with E-state index in [1.165, 1.54) is 5.56 Å². The summed E-state index contributed by atoms with van der Waals surface area (Å²) in [4.78, 5) is 7.29. The van der Waals surface area contributed by atoms with Gasteiger partial charge in [0.15, 0.2) is 0 Å². The molecule has 0 N–H and O–H groups in total. The summed E-state index contributed by atoms with van der Waals surface area (Å²) >= 11 is 12.8. The second-order valence-corrected chi connectivity index (χ2v) is 10.00. The molecule has 6 rings (SSSR count). The molecule has 33 heavy (non-hydrogen) atoms. The first-order valence-corrected chi connectivity index (χ1v) is 11.7. The number of halogens is 2. The van der Waals surface area contributed by atoms with Crippen molar-refractivity contribution in [3.05, 3.63) is 100 Å². The van der Waals surface area contributed by atoms with Gasteiger partial charge in [0.05, 0.1) is 11.6 Å². The topological polar surface area (TPSA) is 24.8 Å². The van der Waals surface area contributed by atoms with Crippen LogP contribution in [-0.2, 0) is 12.0 Å². The van der Waals surface area contributed by atoms with E-state index in [1.807, 2.05) is 36.5 Å². The quantitative estimate of drug-likeness (QED) is 0.295. The maximum atomic E-state index is 6.94. The molecule has 4 aromatic rings. The monoisotopic (exact) mass is 472 g/mol. The Kier molecular flexibility index (Phi) is 4.52. The van der Waals surface area contributed by atoms with E-state index in [1.54, 1.807) is 6.07 Å². The Morgan fingerprint density at radius 3 is 2.55 bits per heavy atom. The fourth-order valence-electron chi connectivity index (χ4n) is 5.18. The molecule has 1 atom stereocenters. The van der Waals surface area contributed by atoms with Gasteiger partial charge in [-0.2, -0.15) is 0 Å². The predicted molar refractivity (Wildman–Crippen MR) is 138 cm³/mol. The number of benzene rings is 4. The molecule has 0 saturated heterocycles. The number of anilines is 1. The van der Waals surface area contributed by atoms with Crippen LogP contribution in [0.4, 0.5) is 11.4 Å². The molecule has 1 unspecified atom stereocenters. The number of para-hydroxylation sites is 1. The number of ether oxygens (including phenoxy) is 1. The van der Waals surface area contributed by atoms with Crippen LogP contribution < -0.4 is 9.64 Å². The van der Waals surface area contributed by atoms with Gasteiger partial charge in [-0.1, -0.05) is 77.8 Å². The van der Waals surface area contributed by atoms with Crippen LogP contribution in [0.3, 0.4) is 0 Å². The van der Waals surface area contributed by atoms with Crippen molar-refractivity contribution in [1.29, 1.82) is 0 Å². The zero-order valence-corrected chi connectivity index (χ0v) is 19.9. The van der Waals surface area contributed by atoms with Gasteiger partial charge in [0.2, 0.25) is 5.72 Å². The van der Waals surface area contributed by atoms with Crippen LogP contribution in [0, 0.1) is 0 Å². The van der Waals surface area contributed by atoms with E-state index in [-0.39, 0.29) is 5.41 Å². The van der Waals surface area contributed by atoms with Crippen LogP contribution in [0.25, 0.3) is 10.8 Å². The molecule has 0 fully saturated rings. The number of rotatable bonds is 2. The average molecular weight is 473 g/mol. The fourth-order valence-corrected chi connectivity index (χ4v) is 5.65. The smallest absolute Gasteiger partial charge is 0.229 e. The van der Waals surface area contributed by atoms with Crippen molar-refractivity contribution < 1.29 is 4.74 Å². The number of hydrogen-bond acceptors (Lipinski definition) is 3. The Morgan fingerprint density at radius 2 is 1.70 bits per heavy atom. The molecule has 1 spiro atoms.